The summed E-state index contributed by atoms with van der Waals surface area (Å²) in [6.07, 6.45) is 18.4. The van der Waals surface area contributed by atoms with Gasteiger partial charge in [0, 0.05) is 0 Å². The standard InChI is InChI=1S/C28H44O/c1-18(2)19(3)7-8-20(4)24-11-12-25-23-10-9-21-17-22(29)13-15-27(21,5)26(23)14-16-28(24,25)6/h7-10,18-20,22,24-26,29H,11-17H2,1-6H3/b8-7+/t19-,20+,22-,24-,25-,26-,27+,28+/m0/s1. The molecule has 4 aliphatic rings. The zero-order chi connectivity index (χ0) is 21.0. The summed E-state index contributed by atoms with van der Waals surface area (Å²) in [4.78, 5) is 0. The zero-order valence-corrected chi connectivity index (χ0v) is 19.7. The third kappa shape index (κ3) is 3.50. The van der Waals surface area contributed by atoms with Gasteiger partial charge in [-0.3, -0.25) is 0 Å². The number of rotatable bonds is 4. The van der Waals surface area contributed by atoms with Gasteiger partial charge in [0.2, 0.25) is 0 Å². The third-order valence-corrected chi connectivity index (χ3v) is 10.0. The lowest BCUT2D eigenvalue weighted by atomic mass is 9.50. The van der Waals surface area contributed by atoms with Crippen LogP contribution in [0.5, 0.6) is 0 Å². The Labute approximate surface area is 179 Å². The van der Waals surface area contributed by atoms with Crippen LogP contribution >= 0.6 is 0 Å². The van der Waals surface area contributed by atoms with Crippen LogP contribution in [0.2, 0.25) is 0 Å². The molecular weight excluding hydrogens is 352 g/mol. The molecule has 0 bridgehead atoms. The van der Waals surface area contributed by atoms with E-state index in [2.05, 4.69) is 65.8 Å². The van der Waals surface area contributed by atoms with Crippen LogP contribution in [0.4, 0.5) is 0 Å². The molecule has 4 rings (SSSR count). The minimum atomic E-state index is -0.116. The molecule has 3 fully saturated rings. The van der Waals surface area contributed by atoms with Crippen molar-refractivity contribution in [2.24, 2.45) is 46.3 Å². The number of aliphatic hydroxyl groups is 1. The molecule has 29 heavy (non-hydrogen) atoms. The van der Waals surface area contributed by atoms with Gasteiger partial charge in [-0.25, -0.2) is 0 Å². The fraction of sp³-hybridized carbons (Fsp3) is 0.786. The maximum absolute atomic E-state index is 10.2. The average molecular weight is 397 g/mol. The number of fused-ring (bicyclic) bond motifs is 5. The van der Waals surface area contributed by atoms with Crippen molar-refractivity contribution < 1.29 is 5.11 Å². The average Bonchev–Trinajstić information content (AvgIpc) is 3.03. The largest absolute Gasteiger partial charge is 0.393 e. The summed E-state index contributed by atoms with van der Waals surface area (Å²) in [6, 6.07) is 0. The first-order valence-electron chi connectivity index (χ1n) is 12.4. The van der Waals surface area contributed by atoms with Crippen LogP contribution in [0.25, 0.3) is 0 Å². The van der Waals surface area contributed by atoms with Gasteiger partial charge in [0.05, 0.1) is 6.10 Å². The Kier molecular flexibility index (Phi) is 5.69. The minimum absolute atomic E-state index is 0.116. The van der Waals surface area contributed by atoms with Crippen molar-refractivity contribution in [3.63, 3.8) is 0 Å². The molecule has 0 aromatic rings. The van der Waals surface area contributed by atoms with E-state index in [0.717, 1.165) is 36.5 Å². The van der Waals surface area contributed by atoms with Crippen LogP contribution < -0.4 is 0 Å². The lowest BCUT2D eigenvalue weighted by Gasteiger charge is -2.55. The van der Waals surface area contributed by atoms with Crippen LogP contribution in [0.3, 0.4) is 0 Å². The molecule has 8 atom stereocenters. The van der Waals surface area contributed by atoms with Crippen molar-refractivity contribution >= 4 is 0 Å². The number of allylic oxidation sites excluding steroid dienone is 5. The minimum Gasteiger partial charge on any atom is -0.393 e. The van der Waals surface area contributed by atoms with Gasteiger partial charge in [-0.15, -0.1) is 0 Å². The molecular formula is C28H44O. The summed E-state index contributed by atoms with van der Waals surface area (Å²) >= 11 is 0. The quantitative estimate of drug-likeness (QED) is 0.493. The monoisotopic (exact) mass is 396 g/mol. The molecule has 3 saturated carbocycles. The van der Waals surface area contributed by atoms with E-state index in [-0.39, 0.29) is 6.10 Å². The van der Waals surface area contributed by atoms with Gasteiger partial charge in [-0.1, -0.05) is 77.0 Å². The maximum atomic E-state index is 10.2. The van der Waals surface area contributed by atoms with Crippen LogP contribution in [0.1, 0.15) is 86.5 Å². The molecule has 0 heterocycles. The van der Waals surface area contributed by atoms with Crippen molar-refractivity contribution in [1.82, 2.24) is 0 Å². The fourth-order valence-electron chi connectivity index (χ4n) is 7.59. The van der Waals surface area contributed by atoms with E-state index in [9.17, 15) is 5.11 Å². The van der Waals surface area contributed by atoms with Gasteiger partial charge in [0.15, 0.2) is 0 Å². The van der Waals surface area contributed by atoms with E-state index in [4.69, 9.17) is 0 Å². The van der Waals surface area contributed by atoms with Gasteiger partial charge in [-0.05, 0) is 91.3 Å². The van der Waals surface area contributed by atoms with Crippen LogP contribution in [0.15, 0.2) is 35.5 Å². The molecule has 0 aromatic carbocycles. The van der Waals surface area contributed by atoms with Gasteiger partial charge in [-0.2, -0.15) is 0 Å². The number of aliphatic hydroxyl groups excluding tert-OH is 1. The lowest BCUT2D eigenvalue weighted by molar-refractivity contribution is 0.0382. The number of hydrogen-bond donors (Lipinski definition) is 1. The second-order valence-corrected chi connectivity index (χ2v) is 11.9. The van der Waals surface area contributed by atoms with Gasteiger partial charge >= 0.3 is 0 Å². The summed E-state index contributed by atoms with van der Waals surface area (Å²) in [7, 11) is 0. The molecule has 0 saturated heterocycles. The SMILES string of the molecule is CC(C)[C@@H](C)/C=C/[C@@H](C)[C@@H]1CC[C@H]2C3=CC=C4C[C@@H](O)CC[C@@]4(C)[C@H]3CC[C@@]21C. The Balaban J connectivity index is 1.57. The summed E-state index contributed by atoms with van der Waals surface area (Å²) in [5.74, 6) is 4.38. The van der Waals surface area contributed by atoms with Gasteiger partial charge in [0.25, 0.3) is 0 Å². The first kappa shape index (κ1) is 21.4. The molecule has 0 aliphatic heterocycles. The second kappa shape index (κ2) is 7.70. The predicted octanol–water partition coefficient (Wildman–Crippen LogP) is 7.33. The molecule has 162 valence electrons. The summed E-state index contributed by atoms with van der Waals surface area (Å²) in [6.45, 7) is 14.6. The Morgan fingerprint density at radius 1 is 0.931 bits per heavy atom. The van der Waals surface area contributed by atoms with Crippen molar-refractivity contribution in [2.75, 3.05) is 0 Å². The number of hydrogen-bond acceptors (Lipinski definition) is 1. The van der Waals surface area contributed by atoms with Crippen molar-refractivity contribution in [3.05, 3.63) is 35.5 Å². The molecule has 1 nitrogen and oxygen atoms in total. The molecule has 0 unspecified atom stereocenters. The van der Waals surface area contributed by atoms with E-state index >= 15 is 0 Å². The molecule has 0 spiro atoms. The van der Waals surface area contributed by atoms with E-state index in [0.29, 0.717) is 22.7 Å². The smallest absolute Gasteiger partial charge is 0.0578 e. The highest BCUT2D eigenvalue weighted by Crippen LogP contribution is 2.65. The van der Waals surface area contributed by atoms with Crippen molar-refractivity contribution in [1.29, 1.82) is 0 Å². The third-order valence-electron chi connectivity index (χ3n) is 10.0. The van der Waals surface area contributed by atoms with Gasteiger partial charge < -0.3 is 5.11 Å². The first-order valence-corrected chi connectivity index (χ1v) is 12.4. The van der Waals surface area contributed by atoms with Crippen molar-refractivity contribution in [3.8, 4) is 0 Å². The fourth-order valence-corrected chi connectivity index (χ4v) is 7.59. The zero-order valence-electron chi connectivity index (χ0n) is 19.7. The summed E-state index contributed by atoms with van der Waals surface area (Å²) < 4.78 is 0. The van der Waals surface area contributed by atoms with Crippen molar-refractivity contribution in [2.45, 2.75) is 92.6 Å². The lowest BCUT2D eigenvalue weighted by Crippen LogP contribution is -2.46. The molecule has 0 amide bonds. The van der Waals surface area contributed by atoms with E-state index in [1.165, 1.54) is 37.7 Å². The van der Waals surface area contributed by atoms with E-state index < -0.39 is 0 Å². The molecule has 0 aromatic heterocycles. The Hall–Kier alpha value is -0.820. The second-order valence-electron chi connectivity index (χ2n) is 11.9. The highest BCUT2D eigenvalue weighted by atomic mass is 16.3. The highest BCUT2D eigenvalue weighted by molar-refractivity contribution is 5.39. The van der Waals surface area contributed by atoms with E-state index in [1.807, 2.05) is 0 Å². The highest BCUT2D eigenvalue weighted by Gasteiger charge is 2.56. The predicted molar refractivity (Wildman–Crippen MR) is 123 cm³/mol. The Morgan fingerprint density at radius 2 is 1.69 bits per heavy atom. The van der Waals surface area contributed by atoms with Crippen LogP contribution in [-0.2, 0) is 0 Å². The van der Waals surface area contributed by atoms with Crippen LogP contribution in [-0.4, -0.2) is 11.2 Å². The van der Waals surface area contributed by atoms with E-state index in [1.54, 1.807) is 5.57 Å². The molecule has 1 N–H and O–H groups in total. The summed E-state index contributed by atoms with van der Waals surface area (Å²) in [5, 5.41) is 10.2. The van der Waals surface area contributed by atoms with Gasteiger partial charge in [0.1, 0.15) is 0 Å². The molecule has 1 heteroatoms. The Morgan fingerprint density at radius 3 is 2.41 bits per heavy atom. The molecule has 0 radical (unpaired) electrons. The maximum Gasteiger partial charge on any atom is 0.0578 e. The van der Waals surface area contributed by atoms with Crippen LogP contribution in [0, 0.1) is 46.3 Å². The topological polar surface area (TPSA) is 20.2 Å². The summed E-state index contributed by atoms with van der Waals surface area (Å²) in [5.41, 5.74) is 4.07. The Bertz CT molecular complexity index is 712. The normalized spacial score (nSPS) is 44.0. The first-order chi connectivity index (χ1) is 13.7. The molecule has 4 aliphatic carbocycles.